The van der Waals surface area contributed by atoms with Crippen molar-refractivity contribution in [1.29, 1.82) is 0 Å². The second kappa shape index (κ2) is 6.37. The highest BCUT2D eigenvalue weighted by atomic mass is 16.4. The number of hydrogen-bond acceptors (Lipinski definition) is 3. The zero-order chi connectivity index (χ0) is 13.7. The van der Waals surface area contributed by atoms with Gasteiger partial charge in [0.2, 0.25) is 11.8 Å². The second-order valence-electron chi connectivity index (χ2n) is 4.80. The first-order chi connectivity index (χ1) is 8.45. The van der Waals surface area contributed by atoms with Crippen molar-refractivity contribution in [3.8, 4) is 0 Å². The fraction of sp³-hybridized carbons (Fsp3) is 0.750. The van der Waals surface area contributed by atoms with Crippen molar-refractivity contribution in [2.45, 2.75) is 32.6 Å². The van der Waals surface area contributed by atoms with Crippen LogP contribution in [0.1, 0.15) is 32.6 Å². The number of carboxylic acids is 1. The van der Waals surface area contributed by atoms with E-state index in [1.165, 1.54) is 0 Å². The highest BCUT2D eigenvalue weighted by molar-refractivity contribution is 5.85. The van der Waals surface area contributed by atoms with Crippen molar-refractivity contribution < 1.29 is 19.5 Å². The van der Waals surface area contributed by atoms with Crippen molar-refractivity contribution in [3.05, 3.63) is 0 Å². The van der Waals surface area contributed by atoms with E-state index >= 15 is 0 Å². The molecule has 0 aromatic carbocycles. The largest absolute Gasteiger partial charge is 0.481 e. The lowest BCUT2D eigenvalue weighted by atomic mass is 9.95. The topological polar surface area (TPSA) is 109 Å². The zero-order valence-electron chi connectivity index (χ0n) is 10.5. The van der Waals surface area contributed by atoms with E-state index in [0.717, 1.165) is 6.42 Å². The minimum atomic E-state index is -0.916. The standard InChI is InChI=1S/C12H20N2O4/c1-2-7-5-8(9(6-7)12(17)18)11(16)14-4-3-10(13)15/h7-9H,2-6H2,1H3,(H2,13,15)(H,14,16)(H,17,18)/t7?,8-,9+/m0/s1. The first-order valence-electron chi connectivity index (χ1n) is 6.24. The molecule has 0 aliphatic heterocycles. The number of rotatable bonds is 6. The van der Waals surface area contributed by atoms with E-state index in [2.05, 4.69) is 5.32 Å². The molecule has 0 spiro atoms. The Balaban J connectivity index is 2.54. The summed E-state index contributed by atoms with van der Waals surface area (Å²) >= 11 is 0. The van der Waals surface area contributed by atoms with Gasteiger partial charge in [-0.15, -0.1) is 0 Å². The van der Waals surface area contributed by atoms with E-state index in [-0.39, 0.29) is 24.8 Å². The number of carbonyl (C=O) groups excluding carboxylic acids is 2. The highest BCUT2D eigenvalue weighted by Crippen LogP contribution is 2.38. The van der Waals surface area contributed by atoms with Crippen LogP contribution in [0.15, 0.2) is 0 Å². The number of carbonyl (C=O) groups is 3. The van der Waals surface area contributed by atoms with Gasteiger partial charge in [-0.2, -0.15) is 0 Å². The molecule has 1 fully saturated rings. The summed E-state index contributed by atoms with van der Waals surface area (Å²) < 4.78 is 0. The van der Waals surface area contributed by atoms with Gasteiger partial charge in [0.05, 0.1) is 11.8 Å². The van der Waals surface area contributed by atoms with Crippen LogP contribution in [0, 0.1) is 17.8 Å². The molecule has 2 amide bonds. The smallest absolute Gasteiger partial charge is 0.307 e. The minimum absolute atomic E-state index is 0.0768. The van der Waals surface area contributed by atoms with Gasteiger partial charge in [0, 0.05) is 13.0 Å². The lowest BCUT2D eigenvalue weighted by Gasteiger charge is -2.15. The molecule has 18 heavy (non-hydrogen) atoms. The fourth-order valence-corrected chi connectivity index (χ4v) is 2.48. The predicted octanol–water partition coefficient (Wildman–Crippen LogP) is 0.115. The molecular formula is C12H20N2O4. The Bertz CT molecular complexity index is 343. The van der Waals surface area contributed by atoms with Crippen molar-refractivity contribution in [2.24, 2.45) is 23.5 Å². The summed E-state index contributed by atoms with van der Waals surface area (Å²) in [6.07, 6.45) is 2.12. The summed E-state index contributed by atoms with van der Waals surface area (Å²) in [5.41, 5.74) is 4.97. The van der Waals surface area contributed by atoms with Crippen LogP contribution < -0.4 is 11.1 Å². The van der Waals surface area contributed by atoms with Crippen LogP contribution >= 0.6 is 0 Å². The number of nitrogens with one attached hydrogen (secondary N) is 1. The van der Waals surface area contributed by atoms with E-state index < -0.39 is 23.7 Å². The summed E-state index contributed by atoms with van der Waals surface area (Å²) in [6.45, 7) is 2.17. The van der Waals surface area contributed by atoms with Gasteiger partial charge in [-0.05, 0) is 18.8 Å². The van der Waals surface area contributed by atoms with Crippen LogP contribution in [-0.4, -0.2) is 29.4 Å². The van der Waals surface area contributed by atoms with Crippen molar-refractivity contribution in [2.75, 3.05) is 6.54 Å². The van der Waals surface area contributed by atoms with Gasteiger partial charge in [-0.1, -0.05) is 13.3 Å². The quantitative estimate of drug-likeness (QED) is 0.626. The molecule has 0 bridgehead atoms. The molecule has 102 valence electrons. The van der Waals surface area contributed by atoms with Gasteiger partial charge in [0.15, 0.2) is 0 Å². The molecule has 6 nitrogen and oxygen atoms in total. The Kier molecular flexibility index (Phi) is 5.12. The van der Waals surface area contributed by atoms with Crippen LogP contribution in [0.3, 0.4) is 0 Å². The molecule has 1 aliphatic rings. The third kappa shape index (κ3) is 3.72. The van der Waals surface area contributed by atoms with Crippen molar-refractivity contribution in [3.63, 3.8) is 0 Å². The summed E-state index contributed by atoms with van der Waals surface area (Å²) in [4.78, 5) is 33.5. The Hall–Kier alpha value is -1.59. The second-order valence-corrected chi connectivity index (χ2v) is 4.80. The molecule has 0 radical (unpaired) electrons. The zero-order valence-corrected chi connectivity index (χ0v) is 10.5. The van der Waals surface area contributed by atoms with Gasteiger partial charge < -0.3 is 16.2 Å². The lowest BCUT2D eigenvalue weighted by molar-refractivity contribution is -0.146. The Morgan fingerprint density at radius 2 is 1.89 bits per heavy atom. The van der Waals surface area contributed by atoms with E-state index in [1.807, 2.05) is 6.92 Å². The van der Waals surface area contributed by atoms with Gasteiger partial charge in [-0.25, -0.2) is 0 Å². The minimum Gasteiger partial charge on any atom is -0.481 e. The lowest BCUT2D eigenvalue weighted by Crippen LogP contribution is -2.36. The molecule has 3 atom stereocenters. The Labute approximate surface area is 106 Å². The monoisotopic (exact) mass is 256 g/mol. The van der Waals surface area contributed by atoms with Gasteiger partial charge in [0.25, 0.3) is 0 Å². The van der Waals surface area contributed by atoms with E-state index in [0.29, 0.717) is 12.8 Å². The Morgan fingerprint density at radius 1 is 1.28 bits per heavy atom. The molecule has 0 saturated heterocycles. The molecule has 1 saturated carbocycles. The molecular weight excluding hydrogens is 236 g/mol. The van der Waals surface area contributed by atoms with Crippen LogP contribution in [0.25, 0.3) is 0 Å². The molecule has 0 aromatic rings. The van der Waals surface area contributed by atoms with Gasteiger partial charge in [0.1, 0.15) is 0 Å². The van der Waals surface area contributed by atoms with Gasteiger partial charge >= 0.3 is 5.97 Å². The summed E-state index contributed by atoms with van der Waals surface area (Å²) in [6, 6.07) is 0. The number of nitrogens with two attached hydrogens (primary N) is 1. The predicted molar refractivity (Wildman–Crippen MR) is 64.5 cm³/mol. The first-order valence-corrected chi connectivity index (χ1v) is 6.24. The number of amides is 2. The van der Waals surface area contributed by atoms with Crippen LogP contribution in [0.5, 0.6) is 0 Å². The van der Waals surface area contributed by atoms with Crippen molar-refractivity contribution >= 4 is 17.8 Å². The molecule has 0 heterocycles. The number of aliphatic carboxylic acids is 1. The average Bonchev–Trinajstić information content (AvgIpc) is 2.72. The SMILES string of the molecule is CCC1C[C@H](C(=O)NCCC(N)=O)[C@H](C(=O)O)C1. The maximum atomic E-state index is 11.9. The summed E-state index contributed by atoms with van der Waals surface area (Å²) in [7, 11) is 0. The highest BCUT2D eigenvalue weighted by Gasteiger charge is 2.41. The van der Waals surface area contributed by atoms with Gasteiger partial charge in [-0.3, -0.25) is 14.4 Å². The molecule has 1 rings (SSSR count). The average molecular weight is 256 g/mol. The number of primary amides is 1. The van der Waals surface area contributed by atoms with Crippen LogP contribution in [-0.2, 0) is 14.4 Å². The van der Waals surface area contributed by atoms with E-state index in [4.69, 9.17) is 10.8 Å². The maximum Gasteiger partial charge on any atom is 0.307 e. The maximum absolute atomic E-state index is 11.9. The van der Waals surface area contributed by atoms with Crippen LogP contribution in [0.2, 0.25) is 0 Å². The number of hydrogen-bond donors (Lipinski definition) is 3. The third-order valence-corrected chi connectivity index (χ3v) is 3.56. The molecule has 4 N–H and O–H groups in total. The van der Waals surface area contributed by atoms with Crippen molar-refractivity contribution in [1.82, 2.24) is 5.32 Å². The number of carboxylic acid groups (broad SMARTS) is 1. The molecule has 1 unspecified atom stereocenters. The summed E-state index contributed by atoms with van der Waals surface area (Å²) in [5, 5.41) is 11.7. The van der Waals surface area contributed by atoms with Crippen LogP contribution in [0.4, 0.5) is 0 Å². The first kappa shape index (κ1) is 14.5. The molecule has 0 aromatic heterocycles. The fourth-order valence-electron chi connectivity index (χ4n) is 2.48. The summed E-state index contributed by atoms with van der Waals surface area (Å²) in [5.74, 6) is -2.48. The van der Waals surface area contributed by atoms with E-state index in [1.54, 1.807) is 0 Å². The third-order valence-electron chi connectivity index (χ3n) is 3.56. The molecule has 6 heteroatoms. The normalized spacial score (nSPS) is 26.8. The van der Waals surface area contributed by atoms with E-state index in [9.17, 15) is 14.4 Å². The Morgan fingerprint density at radius 3 is 2.39 bits per heavy atom. The molecule has 1 aliphatic carbocycles.